The van der Waals surface area contributed by atoms with Crippen molar-refractivity contribution in [3.8, 4) is 5.75 Å². The van der Waals surface area contributed by atoms with E-state index in [1.165, 1.54) is 23.5 Å². The monoisotopic (exact) mass is 295 g/mol. The lowest BCUT2D eigenvalue weighted by atomic mass is 10.3. The predicted molar refractivity (Wildman–Crippen MR) is 79.2 cm³/mol. The molecule has 0 unspecified atom stereocenters. The number of carbonyl (C=O) groups excluding carboxylic acids is 1. The number of ether oxygens (including phenoxy) is 1. The number of benzene rings is 1. The van der Waals surface area contributed by atoms with Gasteiger partial charge in [-0.1, -0.05) is 17.4 Å². The van der Waals surface area contributed by atoms with Crippen LogP contribution in [0.2, 0.25) is 0 Å². The predicted octanol–water partition coefficient (Wildman–Crippen LogP) is 1.76. The molecule has 2 aromatic rings. The van der Waals surface area contributed by atoms with Crippen molar-refractivity contribution < 1.29 is 14.4 Å². The number of methoxy groups -OCH3 is 1. The van der Waals surface area contributed by atoms with E-state index >= 15 is 0 Å². The van der Waals surface area contributed by atoms with Crippen LogP contribution in [0.25, 0.3) is 10.2 Å². The van der Waals surface area contributed by atoms with Crippen LogP contribution in [0, 0.1) is 0 Å². The summed E-state index contributed by atoms with van der Waals surface area (Å²) in [6.45, 7) is 0.201. The highest BCUT2D eigenvalue weighted by atomic mass is 32.1. The zero-order valence-electron chi connectivity index (χ0n) is 11.9. The van der Waals surface area contributed by atoms with Gasteiger partial charge in [-0.3, -0.25) is 9.63 Å². The van der Waals surface area contributed by atoms with Gasteiger partial charge in [0, 0.05) is 14.1 Å². The van der Waals surface area contributed by atoms with Crippen LogP contribution in [0.1, 0.15) is 0 Å². The average molecular weight is 295 g/mol. The SMILES string of the molecule is COc1cccc2sc(N(C)CC(=O)N(C)OC)nc12. The highest BCUT2D eigenvalue weighted by Gasteiger charge is 2.16. The number of hydroxylamine groups is 2. The van der Waals surface area contributed by atoms with E-state index in [1.54, 1.807) is 19.1 Å². The molecule has 6 nitrogen and oxygen atoms in total. The molecule has 0 N–H and O–H groups in total. The maximum atomic E-state index is 11.8. The summed E-state index contributed by atoms with van der Waals surface area (Å²) in [6.07, 6.45) is 0. The third-order valence-corrected chi connectivity index (χ3v) is 4.05. The van der Waals surface area contributed by atoms with Crippen molar-refractivity contribution in [2.75, 3.05) is 39.8 Å². The number of likely N-dealkylation sites (N-methyl/N-ethyl adjacent to an activating group) is 2. The van der Waals surface area contributed by atoms with E-state index in [9.17, 15) is 4.79 Å². The van der Waals surface area contributed by atoms with Crippen LogP contribution < -0.4 is 9.64 Å². The number of carbonyl (C=O) groups is 1. The lowest BCUT2D eigenvalue weighted by Gasteiger charge is -2.19. The number of amides is 1. The maximum absolute atomic E-state index is 11.8. The van der Waals surface area contributed by atoms with Crippen molar-refractivity contribution in [2.45, 2.75) is 0 Å². The van der Waals surface area contributed by atoms with E-state index in [2.05, 4.69) is 4.98 Å². The molecule has 0 aliphatic carbocycles. The Labute approximate surface area is 121 Å². The highest BCUT2D eigenvalue weighted by molar-refractivity contribution is 7.22. The fourth-order valence-electron chi connectivity index (χ4n) is 1.71. The molecule has 0 radical (unpaired) electrons. The Hall–Kier alpha value is -1.86. The molecule has 20 heavy (non-hydrogen) atoms. The van der Waals surface area contributed by atoms with E-state index in [0.29, 0.717) is 0 Å². The van der Waals surface area contributed by atoms with Gasteiger partial charge in [0.05, 0.1) is 18.9 Å². The van der Waals surface area contributed by atoms with E-state index in [-0.39, 0.29) is 12.5 Å². The minimum absolute atomic E-state index is 0.138. The average Bonchev–Trinajstić information content (AvgIpc) is 2.90. The largest absolute Gasteiger partial charge is 0.494 e. The second-order valence-electron chi connectivity index (χ2n) is 4.23. The van der Waals surface area contributed by atoms with Crippen LogP contribution in [-0.2, 0) is 9.63 Å². The van der Waals surface area contributed by atoms with Crippen molar-refractivity contribution in [1.82, 2.24) is 10.0 Å². The third kappa shape index (κ3) is 2.83. The first-order chi connectivity index (χ1) is 9.56. The molecule has 0 fully saturated rings. The summed E-state index contributed by atoms with van der Waals surface area (Å²) in [5, 5.41) is 1.96. The second kappa shape index (κ2) is 6.06. The van der Waals surface area contributed by atoms with Crippen LogP contribution in [0.3, 0.4) is 0 Å². The van der Waals surface area contributed by atoms with Crippen molar-refractivity contribution in [3.63, 3.8) is 0 Å². The van der Waals surface area contributed by atoms with Gasteiger partial charge in [-0.25, -0.2) is 10.0 Å². The summed E-state index contributed by atoms with van der Waals surface area (Å²) in [5.74, 6) is 0.597. The lowest BCUT2D eigenvalue weighted by molar-refractivity contribution is -0.166. The Balaban J connectivity index is 2.22. The van der Waals surface area contributed by atoms with Crippen LogP contribution >= 0.6 is 11.3 Å². The van der Waals surface area contributed by atoms with Gasteiger partial charge in [-0.2, -0.15) is 0 Å². The van der Waals surface area contributed by atoms with Gasteiger partial charge in [0.15, 0.2) is 5.13 Å². The maximum Gasteiger partial charge on any atom is 0.265 e. The first-order valence-corrected chi connectivity index (χ1v) is 6.83. The molecule has 0 aliphatic rings. The van der Waals surface area contributed by atoms with Gasteiger partial charge < -0.3 is 9.64 Å². The third-order valence-electron chi connectivity index (χ3n) is 2.91. The number of hydrogen-bond acceptors (Lipinski definition) is 6. The molecule has 0 bridgehead atoms. The fourth-order valence-corrected chi connectivity index (χ4v) is 2.66. The van der Waals surface area contributed by atoms with E-state index in [4.69, 9.17) is 9.57 Å². The number of nitrogens with zero attached hydrogens (tertiary/aromatic N) is 3. The molecule has 108 valence electrons. The lowest BCUT2D eigenvalue weighted by Crippen LogP contribution is -2.35. The molecule has 1 heterocycles. The van der Waals surface area contributed by atoms with Crippen LogP contribution in [0.15, 0.2) is 18.2 Å². The Morgan fingerprint density at radius 2 is 2.10 bits per heavy atom. The minimum Gasteiger partial charge on any atom is -0.494 e. The highest BCUT2D eigenvalue weighted by Crippen LogP contribution is 2.33. The van der Waals surface area contributed by atoms with Gasteiger partial charge >= 0.3 is 0 Å². The molecule has 0 saturated carbocycles. The summed E-state index contributed by atoms with van der Waals surface area (Å²) < 4.78 is 6.31. The zero-order chi connectivity index (χ0) is 14.7. The van der Waals surface area contributed by atoms with Gasteiger partial charge in [-0.05, 0) is 12.1 Å². The Kier molecular flexibility index (Phi) is 4.41. The molecule has 1 aromatic heterocycles. The van der Waals surface area contributed by atoms with Crippen LogP contribution in [0.4, 0.5) is 5.13 Å². The molecule has 0 atom stereocenters. The normalized spacial score (nSPS) is 10.6. The molecule has 2 rings (SSSR count). The number of hydrogen-bond donors (Lipinski definition) is 0. The first-order valence-electron chi connectivity index (χ1n) is 6.02. The number of anilines is 1. The quantitative estimate of drug-likeness (QED) is 0.787. The second-order valence-corrected chi connectivity index (χ2v) is 5.24. The Bertz CT molecular complexity index is 614. The van der Waals surface area contributed by atoms with Crippen LogP contribution in [0.5, 0.6) is 5.75 Å². The van der Waals surface area contributed by atoms with Gasteiger partial charge in [-0.15, -0.1) is 0 Å². The van der Waals surface area contributed by atoms with Crippen molar-refractivity contribution in [3.05, 3.63) is 18.2 Å². The number of thiazole rings is 1. The summed E-state index contributed by atoms with van der Waals surface area (Å²) >= 11 is 1.52. The van der Waals surface area contributed by atoms with Crippen molar-refractivity contribution >= 4 is 32.6 Å². The summed E-state index contributed by atoms with van der Waals surface area (Å²) in [6, 6.07) is 5.78. The van der Waals surface area contributed by atoms with Crippen molar-refractivity contribution in [1.29, 1.82) is 0 Å². The summed E-state index contributed by atoms with van der Waals surface area (Å²) in [7, 11) is 6.48. The molecule has 0 spiro atoms. The fraction of sp³-hybridized carbons (Fsp3) is 0.385. The molecule has 0 aliphatic heterocycles. The number of para-hydroxylation sites is 1. The summed E-state index contributed by atoms with van der Waals surface area (Å²) in [4.78, 5) is 23.0. The first kappa shape index (κ1) is 14.5. The van der Waals surface area contributed by atoms with E-state index in [0.717, 1.165) is 21.1 Å². The molecule has 7 heteroatoms. The molecule has 0 saturated heterocycles. The molecule has 1 amide bonds. The topological polar surface area (TPSA) is 54.9 Å². The van der Waals surface area contributed by atoms with Gasteiger partial charge in [0.25, 0.3) is 5.91 Å². The molecular weight excluding hydrogens is 278 g/mol. The van der Waals surface area contributed by atoms with E-state index < -0.39 is 0 Å². The number of fused-ring (bicyclic) bond motifs is 1. The molecular formula is C13H17N3O3S. The standard InChI is InChI=1S/C13H17N3O3S/c1-15(8-11(17)16(2)19-4)13-14-12-9(18-3)6-5-7-10(12)20-13/h5-7H,8H2,1-4H3. The smallest absolute Gasteiger partial charge is 0.265 e. The van der Waals surface area contributed by atoms with Gasteiger partial charge in [0.1, 0.15) is 17.8 Å². The number of aromatic nitrogens is 1. The Morgan fingerprint density at radius 1 is 1.35 bits per heavy atom. The minimum atomic E-state index is -0.138. The van der Waals surface area contributed by atoms with E-state index in [1.807, 2.05) is 25.2 Å². The van der Waals surface area contributed by atoms with Crippen LogP contribution in [-0.4, -0.2) is 50.8 Å². The summed E-state index contributed by atoms with van der Waals surface area (Å²) in [5.41, 5.74) is 0.814. The zero-order valence-corrected chi connectivity index (χ0v) is 12.7. The Morgan fingerprint density at radius 3 is 2.75 bits per heavy atom. The van der Waals surface area contributed by atoms with Crippen molar-refractivity contribution in [2.24, 2.45) is 0 Å². The van der Waals surface area contributed by atoms with Gasteiger partial charge in [0.2, 0.25) is 0 Å². The molecule has 1 aromatic carbocycles. The number of rotatable bonds is 5.